The molecular formula is C13H23N5O2. The molecule has 0 saturated carbocycles. The molecule has 1 rings (SSSR count). The molecule has 0 radical (unpaired) electrons. The van der Waals surface area contributed by atoms with Crippen LogP contribution in [0.4, 0.5) is 11.6 Å². The van der Waals surface area contributed by atoms with Gasteiger partial charge in [-0.25, -0.2) is 9.97 Å². The molecule has 1 aromatic heterocycles. The van der Waals surface area contributed by atoms with Gasteiger partial charge in [-0.05, 0) is 20.8 Å². The van der Waals surface area contributed by atoms with Crippen LogP contribution in [0.3, 0.4) is 0 Å². The van der Waals surface area contributed by atoms with Crippen molar-refractivity contribution in [1.82, 2.24) is 15.3 Å². The molecule has 1 unspecified atom stereocenters. The minimum atomic E-state index is -0.366. The molecule has 0 fully saturated rings. The van der Waals surface area contributed by atoms with Crippen LogP contribution in [0.15, 0.2) is 6.07 Å². The predicted molar refractivity (Wildman–Crippen MR) is 78.7 cm³/mol. The fraction of sp³-hybridized carbons (Fsp3) is 0.615. The maximum Gasteiger partial charge on any atom is 0.242 e. The number of hydrogen-bond acceptors (Lipinski definition) is 6. The van der Waals surface area contributed by atoms with Gasteiger partial charge >= 0.3 is 0 Å². The van der Waals surface area contributed by atoms with Crippen LogP contribution >= 0.6 is 0 Å². The van der Waals surface area contributed by atoms with Crippen LogP contribution in [0.1, 0.15) is 26.6 Å². The summed E-state index contributed by atoms with van der Waals surface area (Å²) in [4.78, 5) is 20.3. The Morgan fingerprint density at radius 1 is 1.35 bits per heavy atom. The Balaban J connectivity index is 2.79. The van der Waals surface area contributed by atoms with Crippen molar-refractivity contribution >= 4 is 17.5 Å². The third-order valence-electron chi connectivity index (χ3n) is 2.57. The number of nitrogens with zero attached hydrogens (tertiary/aromatic N) is 2. The fourth-order valence-corrected chi connectivity index (χ4v) is 1.57. The Hall–Kier alpha value is -1.89. The lowest BCUT2D eigenvalue weighted by Crippen LogP contribution is -2.37. The second-order valence-corrected chi connectivity index (χ2v) is 4.20. The van der Waals surface area contributed by atoms with Gasteiger partial charge in [-0.1, -0.05) is 0 Å². The Morgan fingerprint density at radius 3 is 2.65 bits per heavy atom. The number of amides is 1. The third kappa shape index (κ3) is 5.00. The molecule has 0 spiro atoms. The molecule has 0 aliphatic carbocycles. The lowest BCUT2D eigenvalue weighted by molar-refractivity contribution is -0.121. The lowest BCUT2D eigenvalue weighted by Gasteiger charge is -2.15. The van der Waals surface area contributed by atoms with Gasteiger partial charge in [0, 0.05) is 26.3 Å². The number of likely N-dealkylation sites (N-methyl/N-ethyl adjacent to an activating group) is 1. The summed E-state index contributed by atoms with van der Waals surface area (Å²) >= 11 is 0. The Labute approximate surface area is 119 Å². The predicted octanol–water partition coefficient (Wildman–Crippen LogP) is 0.991. The highest BCUT2D eigenvalue weighted by atomic mass is 16.5. The van der Waals surface area contributed by atoms with Crippen molar-refractivity contribution in [3.05, 3.63) is 11.9 Å². The van der Waals surface area contributed by atoms with Gasteiger partial charge in [-0.2, -0.15) is 0 Å². The van der Waals surface area contributed by atoms with E-state index in [4.69, 9.17) is 4.74 Å². The third-order valence-corrected chi connectivity index (χ3v) is 2.57. The summed E-state index contributed by atoms with van der Waals surface area (Å²) in [6, 6.07) is 1.39. The molecule has 1 heterocycles. The van der Waals surface area contributed by atoms with Gasteiger partial charge in [0.2, 0.25) is 5.91 Å². The number of anilines is 2. The summed E-state index contributed by atoms with van der Waals surface area (Å²) in [7, 11) is 1.78. The molecule has 0 aliphatic rings. The molecule has 1 aromatic rings. The molecule has 112 valence electrons. The van der Waals surface area contributed by atoms with E-state index >= 15 is 0 Å². The first-order chi connectivity index (χ1) is 9.60. The average Bonchev–Trinajstić information content (AvgIpc) is 2.45. The van der Waals surface area contributed by atoms with Crippen molar-refractivity contribution in [2.45, 2.75) is 33.4 Å². The SMILES string of the molecule is CCNC(=O)C(C)Nc1cc(NC)nc(COCC)n1. The van der Waals surface area contributed by atoms with Gasteiger partial charge in [0.15, 0.2) is 5.82 Å². The smallest absolute Gasteiger partial charge is 0.242 e. The maximum absolute atomic E-state index is 11.7. The van der Waals surface area contributed by atoms with Crippen molar-refractivity contribution in [2.75, 3.05) is 30.8 Å². The molecule has 1 amide bonds. The summed E-state index contributed by atoms with van der Waals surface area (Å²) in [5.41, 5.74) is 0. The second-order valence-electron chi connectivity index (χ2n) is 4.20. The van der Waals surface area contributed by atoms with E-state index in [0.717, 1.165) is 0 Å². The van der Waals surface area contributed by atoms with E-state index in [1.54, 1.807) is 20.0 Å². The average molecular weight is 281 g/mol. The highest BCUT2D eigenvalue weighted by molar-refractivity contribution is 5.83. The van der Waals surface area contributed by atoms with E-state index in [-0.39, 0.29) is 11.9 Å². The quantitative estimate of drug-likeness (QED) is 0.658. The standard InChI is InChI=1S/C13H23N5O2/c1-5-15-13(19)9(3)16-11-7-10(14-4)17-12(18-11)8-20-6-2/h7,9H,5-6,8H2,1-4H3,(H,15,19)(H2,14,16,17,18). The van der Waals surface area contributed by atoms with Crippen LogP contribution < -0.4 is 16.0 Å². The van der Waals surface area contributed by atoms with E-state index in [0.29, 0.717) is 37.2 Å². The maximum atomic E-state index is 11.7. The van der Waals surface area contributed by atoms with E-state index in [2.05, 4.69) is 25.9 Å². The molecule has 0 aliphatic heterocycles. The second kappa shape index (κ2) is 8.31. The summed E-state index contributed by atoms with van der Waals surface area (Å²) in [6.07, 6.45) is 0. The zero-order chi connectivity index (χ0) is 15.0. The lowest BCUT2D eigenvalue weighted by atomic mass is 10.3. The van der Waals surface area contributed by atoms with Gasteiger partial charge in [-0.15, -0.1) is 0 Å². The first-order valence-corrected chi connectivity index (χ1v) is 6.78. The number of carbonyl (C=O) groups is 1. The molecule has 7 nitrogen and oxygen atoms in total. The van der Waals surface area contributed by atoms with Crippen LogP contribution in [-0.2, 0) is 16.1 Å². The zero-order valence-electron chi connectivity index (χ0n) is 12.5. The van der Waals surface area contributed by atoms with Crippen molar-refractivity contribution in [3.8, 4) is 0 Å². The molecule has 3 N–H and O–H groups in total. The normalized spacial score (nSPS) is 11.8. The minimum absolute atomic E-state index is 0.0662. The number of rotatable bonds is 8. The van der Waals surface area contributed by atoms with Crippen LogP contribution in [0.2, 0.25) is 0 Å². The largest absolute Gasteiger partial charge is 0.374 e. The van der Waals surface area contributed by atoms with Gasteiger partial charge < -0.3 is 20.7 Å². The van der Waals surface area contributed by atoms with Crippen LogP contribution in [0.5, 0.6) is 0 Å². The summed E-state index contributed by atoms with van der Waals surface area (Å²) < 4.78 is 5.31. The van der Waals surface area contributed by atoms with Crippen LogP contribution in [0, 0.1) is 0 Å². The van der Waals surface area contributed by atoms with Crippen LogP contribution in [-0.4, -0.2) is 42.1 Å². The van der Waals surface area contributed by atoms with Crippen molar-refractivity contribution in [2.24, 2.45) is 0 Å². The zero-order valence-corrected chi connectivity index (χ0v) is 12.5. The molecule has 0 aromatic carbocycles. The highest BCUT2D eigenvalue weighted by Gasteiger charge is 2.13. The topological polar surface area (TPSA) is 88.2 Å². The molecule has 0 bridgehead atoms. The first-order valence-electron chi connectivity index (χ1n) is 6.78. The van der Waals surface area contributed by atoms with Crippen molar-refractivity contribution in [1.29, 1.82) is 0 Å². The van der Waals surface area contributed by atoms with Crippen molar-refractivity contribution in [3.63, 3.8) is 0 Å². The molecule has 1 atom stereocenters. The van der Waals surface area contributed by atoms with E-state index < -0.39 is 0 Å². The van der Waals surface area contributed by atoms with Gasteiger partial charge in [0.05, 0.1) is 0 Å². The van der Waals surface area contributed by atoms with Gasteiger partial charge in [-0.3, -0.25) is 4.79 Å². The fourth-order valence-electron chi connectivity index (χ4n) is 1.57. The van der Waals surface area contributed by atoms with E-state index in [1.807, 2.05) is 13.8 Å². The Morgan fingerprint density at radius 2 is 2.05 bits per heavy atom. The van der Waals surface area contributed by atoms with E-state index in [9.17, 15) is 4.79 Å². The molecule has 20 heavy (non-hydrogen) atoms. The number of hydrogen-bond donors (Lipinski definition) is 3. The summed E-state index contributed by atoms with van der Waals surface area (Å²) in [5, 5.41) is 8.78. The Kier molecular flexibility index (Phi) is 6.72. The van der Waals surface area contributed by atoms with E-state index in [1.165, 1.54) is 0 Å². The number of ether oxygens (including phenoxy) is 1. The van der Waals surface area contributed by atoms with Crippen LogP contribution in [0.25, 0.3) is 0 Å². The summed E-state index contributed by atoms with van der Waals surface area (Å²) in [5.74, 6) is 1.78. The number of aromatic nitrogens is 2. The number of nitrogens with one attached hydrogen (secondary N) is 3. The molecule has 0 saturated heterocycles. The molecule has 7 heteroatoms. The number of carbonyl (C=O) groups excluding carboxylic acids is 1. The first kappa shape index (κ1) is 16.2. The van der Waals surface area contributed by atoms with Gasteiger partial charge in [0.25, 0.3) is 0 Å². The minimum Gasteiger partial charge on any atom is -0.374 e. The summed E-state index contributed by atoms with van der Waals surface area (Å²) in [6.45, 7) is 7.13. The Bertz CT molecular complexity index is 439. The van der Waals surface area contributed by atoms with Gasteiger partial charge in [0.1, 0.15) is 24.3 Å². The molecular weight excluding hydrogens is 258 g/mol. The van der Waals surface area contributed by atoms with Crippen molar-refractivity contribution < 1.29 is 9.53 Å². The highest BCUT2D eigenvalue weighted by Crippen LogP contribution is 2.12. The monoisotopic (exact) mass is 281 g/mol.